The highest BCUT2D eigenvalue weighted by Crippen LogP contribution is 2.56. The molecule has 0 amide bonds. The van der Waals surface area contributed by atoms with Gasteiger partial charge in [-0.15, -0.1) is 0 Å². The first-order valence-electron chi connectivity index (χ1n) is 13.6. The molecule has 0 aromatic heterocycles. The summed E-state index contributed by atoms with van der Waals surface area (Å²) in [7, 11) is 0.721. The lowest BCUT2D eigenvalue weighted by atomic mass is 9.53. The van der Waals surface area contributed by atoms with Gasteiger partial charge in [0.25, 0.3) is 0 Å². The quantitative estimate of drug-likeness (QED) is 0.199. The molecule has 42 heavy (non-hydrogen) atoms. The molecule has 12 heteroatoms. The molecule has 3 atom stereocenters. The zero-order valence-electron chi connectivity index (χ0n) is 22.3. The molecule has 4 saturated carbocycles. The van der Waals surface area contributed by atoms with Crippen LogP contribution >= 0.6 is 0 Å². The number of Topliss-reactive ketones (excluding diaryl/α,β-unsaturated/α-hetero) is 1. The molecule has 4 bridgehead atoms. The molecule has 0 N–H and O–H groups in total. The molecule has 224 valence electrons. The van der Waals surface area contributed by atoms with Crippen molar-refractivity contribution in [2.45, 2.75) is 61.6 Å². The number of hydrogen-bond donors (Lipinski definition) is 0. The van der Waals surface area contributed by atoms with Gasteiger partial charge in [-0.3, -0.25) is 9.79 Å². The molecule has 3 unspecified atom stereocenters. The first-order chi connectivity index (χ1) is 19.7. The summed E-state index contributed by atoms with van der Waals surface area (Å²) in [5.41, 5.74) is -1.04. The van der Waals surface area contributed by atoms with Gasteiger partial charge in [-0.05, 0) is 66.3 Å². The van der Waals surface area contributed by atoms with Crippen LogP contribution in [0.2, 0.25) is 0 Å². The Balaban J connectivity index is 1.24. The first-order valence-corrected chi connectivity index (χ1v) is 13.6. The summed E-state index contributed by atoms with van der Waals surface area (Å²) in [6.45, 7) is -0.190. The van der Waals surface area contributed by atoms with E-state index in [1.807, 2.05) is 0 Å². The van der Waals surface area contributed by atoms with Crippen LogP contribution in [0.15, 0.2) is 47.5 Å². The molecule has 2 aromatic carbocycles. The molecule has 5 nitrogen and oxygen atoms in total. The summed E-state index contributed by atoms with van der Waals surface area (Å²) in [6, 6.07) is 10.2. The topological polar surface area (TPSA) is 65.0 Å². The standard InChI is InChI=1S/C30H26F7NO4/c1-38-25(28(31,32)29(33,34)30(35,36)37)16-6-7-21-22(10-16)19-4-2-3-5-20(19)23(21)14-41-26(40)42-27-11-15-8-17(12-27)24(39)18(9-15)13-27/h2-7,10,15,17-18,23H,8-9,11-14H2,1H3/b38-25-. The van der Waals surface area contributed by atoms with Crippen molar-refractivity contribution in [2.24, 2.45) is 22.7 Å². The molecule has 4 fully saturated rings. The molecule has 0 saturated heterocycles. The summed E-state index contributed by atoms with van der Waals surface area (Å²) in [6.07, 6.45) is -4.12. The Bertz CT molecular complexity index is 1470. The van der Waals surface area contributed by atoms with Crippen LogP contribution in [0.1, 0.15) is 54.7 Å². The van der Waals surface area contributed by atoms with E-state index in [4.69, 9.17) is 9.47 Å². The average molecular weight is 598 g/mol. The summed E-state index contributed by atoms with van der Waals surface area (Å²) in [4.78, 5) is 28.5. The maximum atomic E-state index is 14.6. The van der Waals surface area contributed by atoms with Crippen LogP contribution < -0.4 is 0 Å². The number of fused-ring (bicyclic) bond motifs is 3. The van der Waals surface area contributed by atoms with E-state index in [-0.39, 0.29) is 24.2 Å². The Morgan fingerprint density at radius 1 is 0.929 bits per heavy atom. The van der Waals surface area contributed by atoms with Gasteiger partial charge in [-0.2, -0.15) is 30.7 Å². The van der Waals surface area contributed by atoms with Gasteiger partial charge < -0.3 is 9.47 Å². The van der Waals surface area contributed by atoms with Gasteiger partial charge in [0, 0.05) is 30.4 Å². The number of ketones is 1. The van der Waals surface area contributed by atoms with Crippen LogP contribution in [0.25, 0.3) is 11.1 Å². The van der Waals surface area contributed by atoms with E-state index in [1.54, 1.807) is 24.3 Å². The fourth-order valence-electron chi connectivity index (χ4n) is 7.57. The van der Waals surface area contributed by atoms with Gasteiger partial charge in [0.05, 0.1) is 0 Å². The zero-order chi connectivity index (χ0) is 30.2. The number of alkyl halides is 7. The molecule has 0 heterocycles. The third kappa shape index (κ3) is 4.31. The fraction of sp³-hybridized carbons (Fsp3) is 0.500. The normalized spacial score (nSPS) is 28.5. The predicted octanol–water partition coefficient (Wildman–Crippen LogP) is 7.35. The summed E-state index contributed by atoms with van der Waals surface area (Å²) < 4.78 is 107. The van der Waals surface area contributed by atoms with Crippen molar-refractivity contribution in [1.82, 2.24) is 0 Å². The number of halogens is 7. The minimum absolute atomic E-state index is 0.105. The molecule has 0 spiro atoms. The maximum Gasteiger partial charge on any atom is 0.508 e. The van der Waals surface area contributed by atoms with E-state index in [1.165, 1.54) is 6.07 Å². The van der Waals surface area contributed by atoms with Crippen LogP contribution in [-0.2, 0) is 14.3 Å². The van der Waals surface area contributed by atoms with Crippen LogP contribution in [0.5, 0.6) is 0 Å². The lowest BCUT2D eigenvalue weighted by molar-refractivity contribution is -0.336. The molecule has 2 aromatic rings. The monoisotopic (exact) mass is 597 g/mol. The summed E-state index contributed by atoms with van der Waals surface area (Å²) >= 11 is 0. The smallest absolute Gasteiger partial charge is 0.433 e. The van der Waals surface area contributed by atoms with Gasteiger partial charge in [0.15, 0.2) is 0 Å². The first kappa shape index (κ1) is 28.7. The van der Waals surface area contributed by atoms with Crippen molar-refractivity contribution in [2.75, 3.05) is 13.7 Å². The van der Waals surface area contributed by atoms with E-state index in [2.05, 4.69) is 4.99 Å². The number of benzene rings is 2. The predicted molar refractivity (Wildman–Crippen MR) is 136 cm³/mol. The second-order valence-corrected chi connectivity index (χ2v) is 11.8. The van der Waals surface area contributed by atoms with Gasteiger partial charge in [0.1, 0.15) is 23.7 Å². The number of hydrogen-bond acceptors (Lipinski definition) is 5. The lowest BCUT2D eigenvalue weighted by Crippen LogP contribution is -2.56. The van der Waals surface area contributed by atoms with Crippen LogP contribution in [0, 0.1) is 17.8 Å². The van der Waals surface area contributed by atoms with E-state index < -0.39 is 47.0 Å². The summed E-state index contributed by atoms with van der Waals surface area (Å²) in [5.74, 6) is -12.2. The van der Waals surface area contributed by atoms with Gasteiger partial charge in [-0.25, -0.2) is 4.79 Å². The van der Waals surface area contributed by atoms with E-state index in [0.29, 0.717) is 47.4 Å². The molecule has 5 aliphatic carbocycles. The number of aliphatic imine (C=N–C) groups is 1. The highest BCUT2D eigenvalue weighted by Gasteiger charge is 2.75. The maximum absolute atomic E-state index is 14.6. The molecule has 0 aliphatic heterocycles. The Hall–Kier alpha value is -3.44. The minimum Gasteiger partial charge on any atom is -0.433 e. The van der Waals surface area contributed by atoms with Gasteiger partial charge in [0.2, 0.25) is 0 Å². The highest BCUT2D eigenvalue weighted by atomic mass is 19.4. The van der Waals surface area contributed by atoms with Crippen molar-refractivity contribution in [1.29, 1.82) is 0 Å². The van der Waals surface area contributed by atoms with Crippen LogP contribution in [-0.4, -0.2) is 54.9 Å². The number of nitrogens with zero attached hydrogens (tertiary/aromatic N) is 1. The van der Waals surface area contributed by atoms with Crippen molar-refractivity contribution >= 4 is 17.7 Å². The SMILES string of the molecule is C/N=C(/c1ccc2c(c1)-c1ccccc1C2COC(=O)OC12CC3CC(C1)C(=O)C(C3)C2)C(F)(F)C(F)(F)C(F)(F)F. The van der Waals surface area contributed by atoms with E-state index >= 15 is 0 Å². The second kappa shape index (κ2) is 9.54. The molecule has 0 radical (unpaired) electrons. The largest absolute Gasteiger partial charge is 0.508 e. The molecule has 7 rings (SSSR count). The van der Waals surface area contributed by atoms with Crippen molar-refractivity contribution in [3.05, 3.63) is 59.2 Å². The van der Waals surface area contributed by atoms with Gasteiger partial charge in [-0.1, -0.05) is 36.4 Å². The average Bonchev–Trinajstić information content (AvgIpc) is 3.22. The third-order valence-corrected chi connectivity index (χ3v) is 9.21. The molecule has 5 aliphatic rings. The molecular formula is C30H26F7NO4. The van der Waals surface area contributed by atoms with Crippen molar-refractivity contribution < 1.29 is 49.8 Å². The zero-order valence-corrected chi connectivity index (χ0v) is 22.3. The Labute approximate surface area is 236 Å². The highest BCUT2D eigenvalue weighted by molar-refractivity contribution is 6.07. The Kier molecular flexibility index (Phi) is 6.51. The van der Waals surface area contributed by atoms with Crippen LogP contribution in [0.3, 0.4) is 0 Å². The van der Waals surface area contributed by atoms with E-state index in [9.17, 15) is 40.3 Å². The Morgan fingerprint density at radius 2 is 1.57 bits per heavy atom. The Morgan fingerprint density at radius 3 is 2.21 bits per heavy atom. The van der Waals surface area contributed by atoms with Crippen molar-refractivity contribution in [3.8, 4) is 11.1 Å². The number of carbonyl (C=O) groups excluding carboxylic acids is 2. The number of carbonyl (C=O) groups is 2. The van der Waals surface area contributed by atoms with Crippen LogP contribution in [0.4, 0.5) is 35.5 Å². The number of ether oxygens (including phenoxy) is 2. The number of rotatable bonds is 6. The second-order valence-electron chi connectivity index (χ2n) is 11.8. The fourth-order valence-corrected chi connectivity index (χ4v) is 7.57. The molecular weight excluding hydrogens is 571 g/mol. The minimum atomic E-state index is -6.50. The van der Waals surface area contributed by atoms with Crippen molar-refractivity contribution in [3.63, 3.8) is 0 Å². The lowest BCUT2D eigenvalue weighted by Gasteiger charge is -2.54. The summed E-state index contributed by atoms with van der Waals surface area (Å²) in [5, 5.41) is 0. The van der Waals surface area contributed by atoms with E-state index in [0.717, 1.165) is 32.0 Å². The van der Waals surface area contributed by atoms with Gasteiger partial charge >= 0.3 is 24.2 Å². The third-order valence-electron chi connectivity index (χ3n) is 9.21.